The fourth-order valence-electron chi connectivity index (χ4n) is 4.67. The van der Waals surface area contributed by atoms with Gasteiger partial charge in [-0.05, 0) is 91.2 Å². The Balaban J connectivity index is 1.35. The van der Waals surface area contributed by atoms with E-state index < -0.39 is 22.9 Å². The SMILES string of the molecule is Cc1cccc(NC(=O)C(Sc2ccc(NC(=O)/C(=C/c3c(F)cccc3Cl)NC(=O)c3ccccc3)cc2)c2ccccc2)c1C. The van der Waals surface area contributed by atoms with E-state index in [1.807, 2.05) is 62.4 Å². The van der Waals surface area contributed by atoms with Crippen molar-refractivity contribution in [3.8, 4) is 0 Å². The van der Waals surface area contributed by atoms with Gasteiger partial charge in [-0.1, -0.05) is 78.3 Å². The largest absolute Gasteiger partial charge is 0.325 e. The molecule has 0 bridgehead atoms. The van der Waals surface area contributed by atoms with Gasteiger partial charge in [0.25, 0.3) is 11.8 Å². The van der Waals surface area contributed by atoms with Crippen molar-refractivity contribution >= 4 is 58.5 Å². The standard InChI is InChI=1S/C38H31ClFN3O3S/c1-24-11-9-18-33(25(24)2)42-38(46)35(26-12-5-3-6-13-26)47-29-21-19-28(20-22-29)41-37(45)34(23-30-31(39)16-10-17-32(30)40)43-36(44)27-14-7-4-8-15-27/h3-23,35H,1-2H3,(H,41,45)(H,42,46)(H,43,44)/b34-23-. The Labute approximate surface area is 282 Å². The molecular formula is C38H31ClFN3O3S. The number of hydrogen-bond donors (Lipinski definition) is 3. The van der Waals surface area contributed by atoms with Crippen LogP contribution in [0, 0.1) is 19.7 Å². The molecule has 9 heteroatoms. The van der Waals surface area contributed by atoms with Crippen molar-refractivity contribution in [1.82, 2.24) is 5.32 Å². The Kier molecular flexibility index (Phi) is 10.9. The lowest BCUT2D eigenvalue weighted by molar-refractivity contribution is -0.116. The summed E-state index contributed by atoms with van der Waals surface area (Å²) in [7, 11) is 0. The number of anilines is 2. The van der Waals surface area contributed by atoms with Crippen molar-refractivity contribution in [2.75, 3.05) is 10.6 Å². The molecule has 1 unspecified atom stereocenters. The van der Waals surface area contributed by atoms with Gasteiger partial charge in [0.15, 0.2) is 0 Å². The van der Waals surface area contributed by atoms with Crippen LogP contribution < -0.4 is 16.0 Å². The van der Waals surface area contributed by atoms with Gasteiger partial charge in [-0.2, -0.15) is 0 Å². The summed E-state index contributed by atoms with van der Waals surface area (Å²) >= 11 is 7.59. The van der Waals surface area contributed by atoms with Crippen molar-refractivity contribution < 1.29 is 18.8 Å². The van der Waals surface area contributed by atoms with Gasteiger partial charge < -0.3 is 16.0 Å². The van der Waals surface area contributed by atoms with Crippen molar-refractivity contribution in [3.63, 3.8) is 0 Å². The lowest BCUT2D eigenvalue weighted by Gasteiger charge is -2.19. The summed E-state index contributed by atoms with van der Waals surface area (Å²) in [5, 5.41) is 7.96. The molecule has 0 saturated carbocycles. The summed E-state index contributed by atoms with van der Waals surface area (Å²) in [6, 6.07) is 34.8. The first-order valence-electron chi connectivity index (χ1n) is 14.7. The predicted molar refractivity (Wildman–Crippen MR) is 188 cm³/mol. The molecule has 0 aliphatic heterocycles. The molecule has 0 radical (unpaired) electrons. The van der Waals surface area contributed by atoms with E-state index in [1.165, 1.54) is 36.0 Å². The Morgan fingerprint density at radius 1 is 0.766 bits per heavy atom. The van der Waals surface area contributed by atoms with Crippen LogP contribution in [0.1, 0.15) is 37.9 Å². The second-order valence-corrected chi connectivity index (χ2v) is 12.2. The second kappa shape index (κ2) is 15.4. The molecule has 0 saturated heterocycles. The van der Waals surface area contributed by atoms with E-state index in [2.05, 4.69) is 16.0 Å². The van der Waals surface area contributed by atoms with Gasteiger partial charge in [-0.3, -0.25) is 14.4 Å². The van der Waals surface area contributed by atoms with Crippen molar-refractivity contribution in [1.29, 1.82) is 0 Å². The van der Waals surface area contributed by atoms with Gasteiger partial charge in [0.05, 0.1) is 5.02 Å². The number of halogens is 2. The second-order valence-electron chi connectivity index (χ2n) is 10.6. The molecule has 236 valence electrons. The molecule has 5 aromatic rings. The van der Waals surface area contributed by atoms with Gasteiger partial charge in [0.2, 0.25) is 5.91 Å². The zero-order valence-corrected chi connectivity index (χ0v) is 27.2. The van der Waals surface area contributed by atoms with E-state index in [1.54, 1.807) is 54.6 Å². The third-order valence-corrected chi connectivity index (χ3v) is 8.98. The average molecular weight is 664 g/mol. The molecule has 3 amide bonds. The highest BCUT2D eigenvalue weighted by Gasteiger charge is 2.23. The number of nitrogens with one attached hydrogen (secondary N) is 3. The molecule has 0 spiro atoms. The first-order valence-corrected chi connectivity index (χ1v) is 16.0. The van der Waals surface area contributed by atoms with Crippen LogP contribution >= 0.6 is 23.4 Å². The third kappa shape index (κ3) is 8.55. The van der Waals surface area contributed by atoms with Gasteiger partial charge in [-0.15, -0.1) is 11.8 Å². The quantitative estimate of drug-likeness (QED) is 0.103. The lowest BCUT2D eigenvalue weighted by atomic mass is 10.1. The smallest absolute Gasteiger partial charge is 0.272 e. The van der Waals surface area contributed by atoms with Gasteiger partial charge in [0, 0.05) is 27.4 Å². The maximum absolute atomic E-state index is 14.6. The Bertz CT molecular complexity index is 1910. The topological polar surface area (TPSA) is 87.3 Å². The molecular weight excluding hydrogens is 633 g/mol. The first-order chi connectivity index (χ1) is 22.7. The van der Waals surface area contributed by atoms with Crippen LogP contribution in [0.4, 0.5) is 15.8 Å². The molecule has 0 heterocycles. The number of rotatable bonds is 10. The highest BCUT2D eigenvalue weighted by atomic mass is 35.5. The highest BCUT2D eigenvalue weighted by molar-refractivity contribution is 8.00. The van der Waals surface area contributed by atoms with Crippen molar-refractivity contribution in [2.24, 2.45) is 0 Å². The third-order valence-electron chi connectivity index (χ3n) is 7.39. The number of aryl methyl sites for hydroxylation is 1. The summed E-state index contributed by atoms with van der Waals surface area (Å²) in [5.74, 6) is -2.03. The molecule has 0 aliphatic carbocycles. The Morgan fingerprint density at radius 2 is 1.43 bits per heavy atom. The predicted octanol–water partition coefficient (Wildman–Crippen LogP) is 8.98. The van der Waals surface area contributed by atoms with Crippen LogP contribution in [0.3, 0.4) is 0 Å². The monoisotopic (exact) mass is 663 g/mol. The molecule has 0 fully saturated rings. The molecule has 47 heavy (non-hydrogen) atoms. The maximum Gasteiger partial charge on any atom is 0.272 e. The highest BCUT2D eigenvalue weighted by Crippen LogP contribution is 2.37. The fourth-order valence-corrected chi connectivity index (χ4v) is 5.91. The number of amides is 3. The summed E-state index contributed by atoms with van der Waals surface area (Å²) in [5.41, 5.74) is 4.20. The molecule has 5 aromatic carbocycles. The number of carbonyl (C=O) groups is 3. The zero-order chi connectivity index (χ0) is 33.3. The van der Waals surface area contributed by atoms with Crippen LogP contribution in [0.15, 0.2) is 132 Å². The van der Waals surface area contributed by atoms with Crippen molar-refractivity contribution in [2.45, 2.75) is 24.0 Å². The van der Waals surface area contributed by atoms with E-state index in [0.717, 1.165) is 27.3 Å². The molecule has 5 rings (SSSR count). The minimum atomic E-state index is -0.677. The molecule has 1 atom stereocenters. The van der Waals surface area contributed by atoms with E-state index in [0.29, 0.717) is 11.3 Å². The van der Waals surface area contributed by atoms with E-state index >= 15 is 0 Å². The van der Waals surface area contributed by atoms with E-state index in [4.69, 9.17) is 11.6 Å². The van der Waals surface area contributed by atoms with Gasteiger partial charge in [0.1, 0.15) is 16.8 Å². The maximum atomic E-state index is 14.6. The normalized spacial score (nSPS) is 11.8. The number of benzene rings is 5. The Hall–Kier alpha value is -5.18. The summed E-state index contributed by atoms with van der Waals surface area (Å²) in [4.78, 5) is 40.8. The van der Waals surface area contributed by atoms with Crippen LogP contribution in [0.5, 0.6) is 0 Å². The van der Waals surface area contributed by atoms with Gasteiger partial charge >= 0.3 is 0 Å². The molecule has 3 N–H and O–H groups in total. The molecule has 0 aliphatic rings. The Morgan fingerprint density at radius 3 is 2.11 bits per heavy atom. The first kappa shape index (κ1) is 33.2. The molecule has 0 aromatic heterocycles. The van der Waals surface area contributed by atoms with Crippen LogP contribution in [0.2, 0.25) is 5.02 Å². The van der Waals surface area contributed by atoms with Crippen LogP contribution in [-0.4, -0.2) is 17.7 Å². The summed E-state index contributed by atoms with van der Waals surface area (Å²) in [6.07, 6.45) is 1.21. The van der Waals surface area contributed by atoms with E-state index in [9.17, 15) is 18.8 Å². The summed E-state index contributed by atoms with van der Waals surface area (Å²) in [6.45, 7) is 3.97. The van der Waals surface area contributed by atoms with Crippen LogP contribution in [0.25, 0.3) is 6.08 Å². The molecule has 6 nitrogen and oxygen atoms in total. The lowest BCUT2D eigenvalue weighted by Crippen LogP contribution is -2.30. The summed E-state index contributed by atoms with van der Waals surface area (Å²) < 4.78 is 14.6. The average Bonchev–Trinajstić information content (AvgIpc) is 3.08. The fraction of sp³-hybridized carbons (Fsp3) is 0.0789. The van der Waals surface area contributed by atoms with E-state index in [-0.39, 0.29) is 22.2 Å². The minimum Gasteiger partial charge on any atom is -0.325 e. The van der Waals surface area contributed by atoms with Crippen LogP contribution in [-0.2, 0) is 9.59 Å². The zero-order valence-electron chi connectivity index (χ0n) is 25.6. The van der Waals surface area contributed by atoms with Gasteiger partial charge in [-0.25, -0.2) is 4.39 Å². The minimum absolute atomic E-state index is 0.0366. The number of hydrogen-bond acceptors (Lipinski definition) is 4. The van der Waals surface area contributed by atoms with Crippen molar-refractivity contribution in [3.05, 3.63) is 166 Å². The number of thioether (sulfide) groups is 1. The number of carbonyl (C=O) groups excluding carboxylic acids is 3.